The third-order valence-electron chi connectivity index (χ3n) is 6.72. The molecule has 0 aromatic heterocycles. The normalized spacial score (nSPS) is 13.0. The van der Waals surface area contributed by atoms with Crippen LogP contribution in [0.3, 0.4) is 0 Å². The molecule has 0 bridgehead atoms. The molecule has 1 aliphatic rings. The van der Waals surface area contributed by atoms with Crippen LogP contribution in [0.15, 0.2) is 97.1 Å². The average molecular weight is 432 g/mol. The van der Waals surface area contributed by atoms with E-state index in [1.54, 1.807) is 0 Å². The van der Waals surface area contributed by atoms with Crippen molar-refractivity contribution in [3.05, 3.63) is 130 Å². The number of fused-ring (bicyclic) bond motifs is 1. The zero-order chi connectivity index (χ0) is 22.8. The van der Waals surface area contributed by atoms with Crippen molar-refractivity contribution in [2.75, 3.05) is 0 Å². The number of rotatable bonds is 5. The Balaban J connectivity index is 1.52. The largest absolute Gasteiger partial charge is 0.331 e. The monoisotopic (exact) mass is 431 g/mol. The topological polar surface area (TPSA) is 20.3 Å². The van der Waals surface area contributed by atoms with Crippen LogP contribution >= 0.6 is 0 Å². The number of hydrogen-bond donors (Lipinski definition) is 0. The first-order valence-corrected chi connectivity index (χ1v) is 11.7. The first-order valence-electron chi connectivity index (χ1n) is 11.7. The molecule has 0 heterocycles. The lowest BCUT2D eigenvalue weighted by Gasteiger charge is -2.30. The molecule has 164 valence electrons. The second-order valence-corrected chi connectivity index (χ2v) is 9.16. The van der Waals surface area contributed by atoms with E-state index in [1.807, 2.05) is 18.2 Å². The first kappa shape index (κ1) is 21.2. The number of aryl methyl sites for hydroxylation is 2. The Bertz CT molecular complexity index is 1250. The van der Waals surface area contributed by atoms with Crippen LogP contribution in [0.25, 0.3) is 11.1 Å². The zero-order valence-electron chi connectivity index (χ0n) is 19.3. The molecule has 0 radical (unpaired) electrons. The van der Waals surface area contributed by atoms with Crippen molar-refractivity contribution in [1.29, 1.82) is 0 Å². The fourth-order valence-corrected chi connectivity index (χ4v) is 4.82. The number of benzene rings is 4. The molecule has 4 aromatic carbocycles. The van der Waals surface area contributed by atoms with Gasteiger partial charge in [0.05, 0.1) is 0 Å². The maximum absolute atomic E-state index is 14.1. The Hall–Kier alpha value is -3.65. The summed E-state index contributed by atoms with van der Waals surface area (Å²) in [6.07, 6.45) is 1.81. The van der Waals surface area contributed by atoms with Crippen molar-refractivity contribution in [3.63, 3.8) is 0 Å². The van der Waals surface area contributed by atoms with E-state index in [0.29, 0.717) is 6.54 Å². The van der Waals surface area contributed by atoms with Gasteiger partial charge >= 0.3 is 0 Å². The Morgan fingerprint density at radius 1 is 0.727 bits per heavy atom. The second kappa shape index (κ2) is 9.07. The molecule has 0 saturated carbocycles. The summed E-state index contributed by atoms with van der Waals surface area (Å²) < 4.78 is 0. The highest BCUT2D eigenvalue weighted by Crippen LogP contribution is 2.31. The second-order valence-electron chi connectivity index (χ2n) is 9.16. The molecule has 1 amide bonds. The summed E-state index contributed by atoms with van der Waals surface area (Å²) in [5, 5.41) is 0. The molecule has 0 saturated heterocycles. The smallest absolute Gasteiger partial charge is 0.255 e. The molecule has 2 nitrogen and oxygen atoms in total. The van der Waals surface area contributed by atoms with Gasteiger partial charge in [-0.05, 0) is 60.6 Å². The van der Waals surface area contributed by atoms with Crippen molar-refractivity contribution in [3.8, 4) is 11.1 Å². The van der Waals surface area contributed by atoms with E-state index in [0.717, 1.165) is 35.1 Å². The van der Waals surface area contributed by atoms with Gasteiger partial charge in [-0.1, -0.05) is 102 Å². The molecule has 5 rings (SSSR count). The molecular formula is C31H29NO. The summed E-state index contributed by atoms with van der Waals surface area (Å²) >= 11 is 0. The predicted molar refractivity (Wildman–Crippen MR) is 135 cm³/mol. The van der Waals surface area contributed by atoms with Crippen LogP contribution in [-0.2, 0) is 19.4 Å². The van der Waals surface area contributed by atoms with Gasteiger partial charge in [0.15, 0.2) is 0 Å². The van der Waals surface area contributed by atoms with Crippen LogP contribution in [0.2, 0.25) is 0 Å². The Morgan fingerprint density at radius 2 is 1.27 bits per heavy atom. The lowest BCUT2D eigenvalue weighted by Crippen LogP contribution is -2.40. The highest BCUT2D eigenvalue weighted by Gasteiger charge is 2.31. The standard InChI is InChI=1S/C31H29NO/c1-22-11-15-24(16-12-22)21-32(28-19-26-7-3-4-8-27(26)20-28)31(33)30-10-6-5-9-29(30)25-17-13-23(2)14-18-25/h3-18,28H,19-21H2,1-2H3. The van der Waals surface area contributed by atoms with E-state index in [2.05, 4.69) is 97.6 Å². The fourth-order valence-electron chi connectivity index (χ4n) is 4.82. The molecule has 4 aromatic rings. The van der Waals surface area contributed by atoms with Crippen molar-refractivity contribution >= 4 is 5.91 Å². The Kier molecular flexibility index (Phi) is 5.83. The van der Waals surface area contributed by atoms with E-state index in [4.69, 9.17) is 0 Å². The van der Waals surface area contributed by atoms with E-state index in [1.165, 1.54) is 22.3 Å². The number of amides is 1. The lowest BCUT2D eigenvalue weighted by molar-refractivity contribution is 0.0668. The van der Waals surface area contributed by atoms with Gasteiger partial charge in [0, 0.05) is 18.2 Å². The average Bonchev–Trinajstić information content (AvgIpc) is 3.28. The SMILES string of the molecule is Cc1ccc(CN(C(=O)c2ccccc2-c2ccc(C)cc2)C2Cc3ccccc3C2)cc1. The number of nitrogens with zero attached hydrogens (tertiary/aromatic N) is 1. The highest BCUT2D eigenvalue weighted by molar-refractivity contribution is 6.01. The third kappa shape index (κ3) is 4.47. The quantitative estimate of drug-likeness (QED) is 0.341. The van der Waals surface area contributed by atoms with Gasteiger partial charge in [-0.2, -0.15) is 0 Å². The van der Waals surface area contributed by atoms with Crippen LogP contribution < -0.4 is 0 Å². The molecular weight excluding hydrogens is 402 g/mol. The van der Waals surface area contributed by atoms with E-state index >= 15 is 0 Å². The summed E-state index contributed by atoms with van der Waals surface area (Å²) in [6, 6.07) is 33.7. The highest BCUT2D eigenvalue weighted by atomic mass is 16.2. The van der Waals surface area contributed by atoms with Gasteiger partial charge in [0.2, 0.25) is 0 Å². The van der Waals surface area contributed by atoms with E-state index < -0.39 is 0 Å². The van der Waals surface area contributed by atoms with Crippen LogP contribution in [0.5, 0.6) is 0 Å². The zero-order valence-corrected chi connectivity index (χ0v) is 19.3. The van der Waals surface area contributed by atoms with Gasteiger partial charge in [-0.25, -0.2) is 0 Å². The molecule has 2 heteroatoms. The summed E-state index contributed by atoms with van der Waals surface area (Å²) in [4.78, 5) is 16.2. The predicted octanol–water partition coefficient (Wildman–Crippen LogP) is 6.78. The minimum atomic E-state index is 0.101. The van der Waals surface area contributed by atoms with E-state index in [-0.39, 0.29) is 11.9 Å². The van der Waals surface area contributed by atoms with Crippen LogP contribution in [0.4, 0.5) is 0 Å². The minimum Gasteiger partial charge on any atom is -0.331 e. The summed E-state index contributed by atoms with van der Waals surface area (Å²) in [6.45, 7) is 4.79. The van der Waals surface area contributed by atoms with Crippen molar-refractivity contribution in [2.24, 2.45) is 0 Å². The minimum absolute atomic E-state index is 0.101. The summed E-state index contributed by atoms with van der Waals surface area (Å²) in [5.41, 5.74) is 9.16. The number of carbonyl (C=O) groups is 1. The summed E-state index contributed by atoms with van der Waals surface area (Å²) in [5.74, 6) is 0.101. The van der Waals surface area contributed by atoms with Crippen LogP contribution in [0, 0.1) is 13.8 Å². The molecule has 0 unspecified atom stereocenters. The Morgan fingerprint density at radius 3 is 1.91 bits per heavy atom. The molecule has 33 heavy (non-hydrogen) atoms. The van der Waals surface area contributed by atoms with Gasteiger partial charge in [-0.15, -0.1) is 0 Å². The van der Waals surface area contributed by atoms with Crippen molar-refractivity contribution in [1.82, 2.24) is 4.90 Å². The molecule has 0 fully saturated rings. The summed E-state index contributed by atoms with van der Waals surface area (Å²) in [7, 11) is 0. The molecule has 0 aliphatic heterocycles. The fraction of sp³-hybridized carbons (Fsp3) is 0.194. The first-order chi connectivity index (χ1) is 16.1. The maximum Gasteiger partial charge on any atom is 0.255 e. The number of carbonyl (C=O) groups excluding carboxylic acids is 1. The maximum atomic E-state index is 14.1. The van der Waals surface area contributed by atoms with Crippen molar-refractivity contribution < 1.29 is 4.79 Å². The van der Waals surface area contributed by atoms with Gasteiger partial charge in [-0.3, -0.25) is 4.79 Å². The third-order valence-corrected chi connectivity index (χ3v) is 6.72. The van der Waals surface area contributed by atoms with Gasteiger partial charge in [0.25, 0.3) is 5.91 Å². The van der Waals surface area contributed by atoms with Crippen molar-refractivity contribution in [2.45, 2.75) is 39.3 Å². The molecule has 0 N–H and O–H groups in total. The van der Waals surface area contributed by atoms with E-state index in [9.17, 15) is 4.79 Å². The van der Waals surface area contributed by atoms with Crippen LogP contribution in [-0.4, -0.2) is 16.8 Å². The van der Waals surface area contributed by atoms with Gasteiger partial charge < -0.3 is 4.90 Å². The number of hydrogen-bond acceptors (Lipinski definition) is 1. The Labute approximate surface area is 196 Å². The van der Waals surface area contributed by atoms with Crippen LogP contribution in [0.1, 0.15) is 38.2 Å². The molecule has 1 aliphatic carbocycles. The molecule has 0 atom stereocenters. The van der Waals surface area contributed by atoms with Gasteiger partial charge in [0.1, 0.15) is 0 Å². The lowest BCUT2D eigenvalue weighted by atomic mass is 9.97. The molecule has 0 spiro atoms.